The van der Waals surface area contributed by atoms with Crippen molar-refractivity contribution in [2.24, 2.45) is 5.41 Å². The standard InChI is InChI=1S/C22H20N2O3/c25-20(26)12-22(10-16-6-2-3-7-17(16)11-22)21(27)24-14-19-9-15-5-1-4-8-18(15)13-23-19/h1-9,13H,10-12,14H2,(H,24,27)(H,25,26). The summed E-state index contributed by atoms with van der Waals surface area (Å²) < 4.78 is 0. The highest BCUT2D eigenvalue weighted by Gasteiger charge is 2.45. The maximum Gasteiger partial charge on any atom is 0.304 e. The van der Waals surface area contributed by atoms with Crippen molar-refractivity contribution in [1.29, 1.82) is 0 Å². The summed E-state index contributed by atoms with van der Waals surface area (Å²) in [5.74, 6) is -1.18. The van der Waals surface area contributed by atoms with Crippen molar-refractivity contribution in [2.75, 3.05) is 0 Å². The van der Waals surface area contributed by atoms with Gasteiger partial charge in [-0.3, -0.25) is 14.6 Å². The SMILES string of the molecule is O=C(O)CC1(C(=O)NCc2cc3ccccc3cn2)Cc2ccccc2C1. The molecule has 0 atom stereocenters. The van der Waals surface area contributed by atoms with E-state index in [1.807, 2.05) is 54.6 Å². The molecule has 1 heterocycles. The average Bonchev–Trinajstić information content (AvgIpc) is 3.04. The van der Waals surface area contributed by atoms with Gasteiger partial charge in [-0.2, -0.15) is 0 Å². The number of hydrogen-bond acceptors (Lipinski definition) is 3. The molecular weight excluding hydrogens is 340 g/mol. The van der Waals surface area contributed by atoms with E-state index in [2.05, 4.69) is 10.3 Å². The Labute approximate surface area is 157 Å². The number of nitrogens with one attached hydrogen (secondary N) is 1. The predicted molar refractivity (Wildman–Crippen MR) is 102 cm³/mol. The third-order valence-corrected chi connectivity index (χ3v) is 5.26. The summed E-state index contributed by atoms with van der Waals surface area (Å²) in [7, 11) is 0. The molecule has 1 aliphatic carbocycles. The molecule has 3 aromatic rings. The molecule has 5 heteroatoms. The van der Waals surface area contributed by atoms with Crippen molar-refractivity contribution in [1.82, 2.24) is 10.3 Å². The number of amides is 1. The number of nitrogens with zero attached hydrogens (tertiary/aromatic N) is 1. The van der Waals surface area contributed by atoms with Crippen LogP contribution in [0.15, 0.2) is 60.8 Å². The molecule has 0 bridgehead atoms. The van der Waals surface area contributed by atoms with Crippen LogP contribution >= 0.6 is 0 Å². The summed E-state index contributed by atoms with van der Waals surface area (Å²) in [6.07, 6.45) is 2.51. The van der Waals surface area contributed by atoms with Gasteiger partial charge in [-0.25, -0.2) is 0 Å². The van der Waals surface area contributed by atoms with Crippen LogP contribution in [0.25, 0.3) is 10.8 Å². The van der Waals surface area contributed by atoms with Gasteiger partial charge in [0.15, 0.2) is 0 Å². The summed E-state index contributed by atoms with van der Waals surface area (Å²) in [5.41, 5.74) is 1.92. The van der Waals surface area contributed by atoms with Crippen LogP contribution in [0.1, 0.15) is 23.2 Å². The first kappa shape index (κ1) is 17.2. The van der Waals surface area contributed by atoms with Crippen molar-refractivity contribution >= 4 is 22.6 Å². The largest absolute Gasteiger partial charge is 0.481 e. The normalized spacial score (nSPS) is 14.7. The fourth-order valence-corrected chi connectivity index (χ4v) is 3.93. The average molecular weight is 360 g/mol. The van der Waals surface area contributed by atoms with Crippen LogP contribution in [-0.4, -0.2) is 22.0 Å². The van der Waals surface area contributed by atoms with Crippen molar-refractivity contribution in [3.05, 3.63) is 77.6 Å². The minimum atomic E-state index is -0.957. The molecule has 1 amide bonds. The molecular formula is C22H20N2O3. The maximum absolute atomic E-state index is 13.0. The molecule has 4 rings (SSSR count). The van der Waals surface area contributed by atoms with E-state index in [0.717, 1.165) is 27.6 Å². The number of benzene rings is 2. The van der Waals surface area contributed by atoms with Gasteiger partial charge >= 0.3 is 5.97 Å². The minimum absolute atomic E-state index is 0.182. The molecule has 1 aliphatic rings. The lowest BCUT2D eigenvalue weighted by atomic mass is 9.80. The fraction of sp³-hybridized carbons (Fsp3) is 0.227. The van der Waals surface area contributed by atoms with Crippen molar-refractivity contribution in [2.45, 2.75) is 25.8 Å². The van der Waals surface area contributed by atoms with Crippen LogP contribution < -0.4 is 5.32 Å². The Kier molecular flexibility index (Phi) is 4.36. The molecule has 0 unspecified atom stereocenters. The number of aliphatic carboxylic acids is 1. The zero-order valence-electron chi connectivity index (χ0n) is 14.8. The minimum Gasteiger partial charge on any atom is -0.481 e. The molecule has 2 N–H and O–H groups in total. The van der Waals surface area contributed by atoms with E-state index in [1.165, 1.54) is 0 Å². The number of pyridine rings is 1. The Bertz CT molecular complexity index is 1000. The topological polar surface area (TPSA) is 79.3 Å². The van der Waals surface area contributed by atoms with Gasteiger partial charge in [-0.1, -0.05) is 48.5 Å². The number of carboxylic acid groups (broad SMARTS) is 1. The van der Waals surface area contributed by atoms with Gasteiger partial charge in [0.05, 0.1) is 24.1 Å². The van der Waals surface area contributed by atoms with Crippen LogP contribution in [0.4, 0.5) is 0 Å². The van der Waals surface area contributed by atoms with Crippen LogP contribution in [0.5, 0.6) is 0 Å². The van der Waals surface area contributed by atoms with Crippen molar-refractivity contribution in [3.8, 4) is 0 Å². The number of rotatable bonds is 5. The lowest BCUT2D eigenvalue weighted by molar-refractivity contribution is -0.145. The zero-order valence-corrected chi connectivity index (χ0v) is 14.8. The second-order valence-electron chi connectivity index (χ2n) is 7.18. The number of aromatic nitrogens is 1. The maximum atomic E-state index is 13.0. The molecule has 5 nitrogen and oxygen atoms in total. The fourth-order valence-electron chi connectivity index (χ4n) is 3.93. The van der Waals surface area contributed by atoms with Crippen LogP contribution in [-0.2, 0) is 29.0 Å². The first-order chi connectivity index (χ1) is 13.1. The van der Waals surface area contributed by atoms with E-state index < -0.39 is 11.4 Å². The van der Waals surface area contributed by atoms with E-state index in [0.29, 0.717) is 12.8 Å². The van der Waals surface area contributed by atoms with E-state index >= 15 is 0 Å². The van der Waals surface area contributed by atoms with E-state index in [1.54, 1.807) is 6.20 Å². The molecule has 2 aromatic carbocycles. The van der Waals surface area contributed by atoms with Gasteiger partial charge in [-0.15, -0.1) is 0 Å². The van der Waals surface area contributed by atoms with Crippen LogP contribution in [0, 0.1) is 5.41 Å². The van der Waals surface area contributed by atoms with Gasteiger partial charge in [-0.05, 0) is 35.4 Å². The molecule has 27 heavy (non-hydrogen) atoms. The zero-order chi connectivity index (χ0) is 18.9. The molecule has 0 saturated carbocycles. The molecule has 0 saturated heterocycles. The second-order valence-corrected chi connectivity index (χ2v) is 7.18. The summed E-state index contributed by atoms with van der Waals surface area (Å²) in [4.78, 5) is 28.8. The Hall–Kier alpha value is -3.21. The summed E-state index contributed by atoms with van der Waals surface area (Å²) in [6.45, 7) is 0.279. The monoisotopic (exact) mass is 360 g/mol. The molecule has 0 spiro atoms. The number of fused-ring (bicyclic) bond motifs is 2. The molecule has 136 valence electrons. The molecule has 0 aliphatic heterocycles. The lowest BCUT2D eigenvalue weighted by Gasteiger charge is -2.26. The van der Waals surface area contributed by atoms with Crippen molar-refractivity contribution in [3.63, 3.8) is 0 Å². The third kappa shape index (κ3) is 3.40. The first-order valence-electron chi connectivity index (χ1n) is 8.96. The van der Waals surface area contributed by atoms with Crippen LogP contribution in [0.2, 0.25) is 0 Å². The number of hydrogen-bond donors (Lipinski definition) is 2. The Morgan fingerprint density at radius 1 is 1.00 bits per heavy atom. The van der Waals surface area contributed by atoms with Gasteiger partial charge in [0.2, 0.25) is 5.91 Å². The highest BCUT2D eigenvalue weighted by molar-refractivity contribution is 5.88. The van der Waals surface area contributed by atoms with Crippen molar-refractivity contribution < 1.29 is 14.7 Å². The summed E-state index contributed by atoms with van der Waals surface area (Å²) in [5, 5.41) is 14.4. The van der Waals surface area contributed by atoms with E-state index in [9.17, 15) is 14.7 Å². The number of carbonyl (C=O) groups is 2. The first-order valence-corrected chi connectivity index (χ1v) is 8.96. The molecule has 0 fully saturated rings. The lowest BCUT2D eigenvalue weighted by Crippen LogP contribution is -2.43. The third-order valence-electron chi connectivity index (χ3n) is 5.26. The molecule has 0 radical (unpaired) electrons. The second kappa shape index (κ2) is 6.83. The highest BCUT2D eigenvalue weighted by Crippen LogP contribution is 2.40. The van der Waals surface area contributed by atoms with Gasteiger partial charge in [0, 0.05) is 11.6 Å². The van der Waals surface area contributed by atoms with E-state index in [4.69, 9.17) is 0 Å². The Morgan fingerprint density at radius 2 is 1.63 bits per heavy atom. The quantitative estimate of drug-likeness (QED) is 0.733. The smallest absolute Gasteiger partial charge is 0.304 e. The Balaban J connectivity index is 1.53. The van der Waals surface area contributed by atoms with Crippen LogP contribution in [0.3, 0.4) is 0 Å². The summed E-state index contributed by atoms with van der Waals surface area (Å²) in [6, 6.07) is 17.6. The van der Waals surface area contributed by atoms with Gasteiger partial charge in [0.25, 0.3) is 0 Å². The number of carbonyl (C=O) groups excluding carboxylic acids is 1. The highest BCUT2D eigenvalue weighted by atomic mass is 16.4. The van der Waals surface area contributed by atoms with Gasteiger partial charge in [0.1, 0.15) is 0 Å². The van der Waals surface area contributed by atoms with Gasteiger partial charge < -0.3 is 10.4 Å². The molecule has 1 aromatic heterocycles. The number of carboxylic acids is 1. The van der Waals surface area contributed by atoms with E-state index in [-0.39, 0.29) is 18.9 Å². The summed E-state index contributed by atoms with van der Waals surface area (Å²) >= 11 is 0. The Morgan fingerprint density at radius 3 is 2.30 bits per heavy atom. The predicted octanol–water partition coefficient (Wildman–Crippen LogP) is 3.11.